The maximum absolute atomic E-state index is 11.8. The van der Waals surface area contributed by atoms with Crippen molar-refractivity contribution >= 4 is 11.7 Å². The molecule has 1 fully saturated rings. The molecule has 1 heterocycles. The Morgan fingerprint density at radius 2 is 2.09 bits per heavy atom. The van der Waals surface area contributed by atoms with E-state index in [2.05, 4.69) is 28.4 Å². The first-order chi connectivity index (χ1) is 10.7. The first-order valence-electron chi connectivity index (χ1n) is 7.92. The van der Waals surface area contributed by atoms with Crippen LogP contribution in [0.1, 0.15) is 25.3 Å². The van der Waals surface area contributed by atoms with Gasteiger partial charge in [-0.2, -0.15) is 0 Å². The Balaban J connectivity index is 2.03. The fourth-order valence-electron chi connectivity index (χ4n) is 2.91. The molecule has 0 amide bonds. The Bertz CT molecular complexity index is 497. The minimum absolute atomic E-state index is 0.0331. The van der Waals surface area contributed by atoms with Crippen molar-refractivity contribution in [2.45, 2.75) is 26.3 Å². The van der Waals surface area contributed by atoms with Crippen molar-refractivity contribution in [1.29, 1.82) is 0 Å². The van der Waals surface area contributed by atoms with Crippen molar-refractivity contribution in [3.05, 3.63) is 23.8 Å². The maximum atomic E-state index is 11.8. The molecule has 22 heavy (non-hydrogen) atoms. The highest BCUT2D eigenvalue weighted by molar-refractivity contribution is 5.73. The maximum Gasteiger partial charge on any atom is 0.309 e. The second kappa shape index (κ2) is 8.03. The van der Waals surface area contributed by atoms with Crippen LogP contribution in [0.25, 0.3) is 0 Å². The summed E-state index contributed by atoms with van der Waals surface area (Å²) in [5.41, 5.74) is 2.30. The number of piperidine rings is 1. The number of anilines is 1. The highest BCUT2D eigenvalue weighted by Crippen LogP contribution is 2.32. The first-order valence-corrected chi connectivity index (χ1v) is 7.92. The number of hydrogen-bond donors (Lipinski definition) is 1. The third kappa shape index (κ3) is 3.91. The number of nitrogens with zero attached hydrogens (tertiary/aromatic N) is 1. The molecule has 0 radical (unpaired) electrons. The van der Waals surface area contributed by atoms with Crippen LogP contribution < -0.4 is 15.0 Å². The lowest BCUT2D eigenvalue weighted by Crippen LogP contribution is -2.37. The molecule has 122 valence electrons. The number of hydrogen-bond acceptors (Lipinski definition) is 5. The van der Waals surface area contributed by atoms with Gasteiger partial charge in [0.25, 0.3) is 0 Å². The molecule has 1 aliphatic rings. The molecule has 1 aliphatic heterocycles. The van der Waals surface area contributed by atoms with Gasteiger partial charge in [0.05, 0.1) is 25.3 Å². The molecular formula is C17H26N2O3. The van der Waals surface area contributed by atoms with Crippen LogP contribution in [0.3, 0.4) is 0 Å². The number of carbonyl (C=O) groups excluding carboxylic acids is 1. The fraction of sp³-hybridized carbons (Fsp3) is 0.588. The van der Waals surface area contributed by atoms with E-state index in [0.29, 0.717) is 6.61 Å². The van der Waals surface area contributed by atoms with Gasteiger partial charge in [-0.3, -0.25) is 4.79 Å². The highest BCUT2D eigenvalue weighted by Gasteiger charge is 2.27. The molecule has 0 bridgehead atoms. The summed E-state index contributed by atoms with van der Waals surface area (Å²) >= 11 is 0. The van der Waals surface area contributed by atoms with E-state index in [4.69, 9.17) is 9.47 Å². The van der Waals surface area contributed by atoms with Gasteiger partial charge in [-0.15, -0.1) is 0 Å². The van der Waals surface area contributed by atoms with Crippen LogP contribution in [0.4, 0.5) is 5.69 Å². The molecule has 0 atom stereocenters. The second-order valence-electron chi connectivity index (χ2n) is 5.55. The predicted molar refractivity (Wildman–Crippen MR) is 87.3 cm³/mol. The molecule has 0 aliphatic carbocycles. The van der Waals surface area contributed by atoms with Gasteiger partial charge in [-0.25, -0.2) is 0 Å². The van der Waals surface area contributed by atoms with E-state index in [-0.39, 0.29) is 11.9 Å². The Hall–Kier alpha value is -1.75. The van der Waals surface area contributed by atoms with E-state index < -0.39 is 0 Å². The van der Waals surface area contributed by atoms with Crippen LogP contribution in [0.5, 0.6) is 5.75 Å². The van der Waals surface area contributed by atoms with Crippen LogP contribution in [0.15, 0.2) is 18.2 Å². The largest absolute Gasteiger partial charge is 0.495 e. The quantitative estimate of drug-likeness (QED) is 0.817. The third-order valence-electron chi connectivity index (χ3n) is 4.08. The zero-order valence-electron chi connectivity index (χ0n) is 13.7. The zero-order valence-corrected chi connectivity index (χ0v) is 13.7. The number of nitrogens with one attached hydrogen (secondary N) is 1. The molecule has 5 nitrogen and oxygen atoms in total. The van der Waals surface area contributed by atoms with Gasteiger partial charge in [-0.05, 0) is 44.5 Å². The number of ether oxygens (including phenoxy) is 2. The minimum Gasteiger partial charge on any atom is -0.495 e. The van der Waals surface area contributed by atoms with Crippen molar-refractivity contribution in [2.75, 3.05) is 38.8 Å². The molecule has 5 heteroatoms. The molecule has 1 aromatic carbocycles. The van der Waals surface area contributed by atoms with Crippen LogP contribution in [-0.4, -0.2) is 39.8 Å². The molecule has 0 aromatic heterocycles. The standard InChI is InChI=1S/C17H26N2O3/c1-4-22-17(20)14-7-9-19(10-8-14)15-6-5-13(12-18-2)11-16(15)21-3/h5-6,11,14,18H,4,7-10,12H2,1-3H3. The van der Waals surface area contributed by atoms with Gasteiger partial charge in [0, 0.05) is 19.6 Å². The summed E-state index contributed by atoms with van der Waals surface area (Å²) in [5, 5.41) is 3.14. The average Bonchev–Trinajstić information content (AvgIpc) is 2.55. The zero-order chi connectivity index (χ0) is 15.9. The summed E-state index contributed by atoms with van der Waals surface area (Å²) in [4.78, 5) is 14.1. The molecule has 2 rings (SSSR count). The Labute approximate surface area is 132 Å². The normalized spacial score (nSPS) is 15.7. The molecule has 0 saturated carbocycles. The number of benzene rings is 1. The molecule has 1 N–H and O–H groups in total. The van der Waals surface area contributed by atoms with Crippen LogP contribution in [-0.2, 0) is 16.1 Å². The van der Waals surface area contributed by atoms with E-state index in [9.17, 15) is 4.79 Å². The van der Waals surface area contributed by atoms with Crippen molar-refractivity contribution in [3.63, 3.8) is 0 Å². The van der Waals surface area contributed by atoms with Gasteiger partial charge in [-0.1, -0.05) is 6.07 Å². The van der Waals surface area contributed by atoms with Crippen LogP contribution in [0, 0.1) is 5.92 Å². The third-order valence-corrected chi connectivity index (χ3v) is 4.08. The van der Waals surface area contributed by atoms with E-state index in [1.54, 1.807) is 7.11 Å². The molecule has 1 saturated heterocycles. The van der Waals surface area contributed by atoms with Gasteiger partial charge < -0.3 is 19.7 Å². The molecule has 0 unspecified atom stereocenters. The number of rotatable bonds is 6. The summed E-state index contributed by atoms with van der Waals surface area (Å²) in [5.74, 6) is 0.867. The summed E-state index contributed by atoms with van der Waals surface area (Å²) in [7, 11) is 3.63. The smallest absolute Gasteiger partial charge is 0.309 e. The molecule has 0 spiro atoms. The number of methoxy groups -OCH3 is 1. The Kier molecular flexibility index (Phi) is 6.07. The van der Waals surface area contributed by atoms with E-state index >= 15 is 0 Å². The SMILES string of the molecule is CCOC(=O)C1CCN(c2ccc(CNC)cc2OC)CC1. The van der Waals surface area contributed by atoms with E-state index in [0.717, 1.165) is 43.9 Å². The second-order valence-corrected chi connectivity index (χ2v) is 5.55. The summed E-state index contributed by atoms with van der Waals surface area (Å²) in [6.07, 6.45) is 1.67. The molecule has 1 aromatic rings. The van der Waals surface area contributed by atoms with Gasteiger partial charge in [0.2, 0.25) is 0 Å². The van der Waals surface area contributed by atoms with Crippen molar-refractivity contribution in [1.82, 2.24) is 5.32 Å². The van der Waals surface area contributed by atoms with E-state index in [1.165, 1.54) is 5.56 Å². The number of esters is 1. The summed E-state index contributed by atoms with van der Waals surface area (Å²) < 4.78 is 10.7. The van der Waals surface area contributed by atoms with Gasteiger partial charge in [0.15, 0.2) is 0 Å². The average molecular weight is 306 g/mol. The number of carbonyl (C=O) groups is 1. The minimum atomic E-state index is -0.0570. The van der Waals surface area contributed by atoms with Gasteiger partial charge in [0.1, 0.15) is 5.75 Å². The summed E-state index contributed by atoms with van der Waals surface area (Å²) in [6, 6.07) is 6.30. The van der Waals surface area contributed by atoms with Crippen LogP contribution >= 0.6 is 0 Å². The fourth-order valence-corrected chi connectivity index (χ4v) is 2.91. The topological polar surface area (TPSA) is 50.8 Å². The lowest BCUT2D eigenvalue weighted by atomic mass is 9.96. The van der Waals surface area contributed by atoms with Crippen LogP contribution in [0.2, 0.25) is 0 Å². The van der Waals surface area contributed by atoms with Crippen molar-refractivity contribution < 1.29 is 14.3 Å². The van der Waals surface area contributed by atoms with Gasteiger partial charge >= 0.3 is 5.97 Å². The first kappa shape index (κ1) is 16.6. The lowest BCUT2D eigenvalue weighted by molar-refractivity contribution is -0.148. The Morgan fingerprint density at radius 3 is 2.68 bits per heavy atom. The van der Waals surface area contributed by atoms with Crippen molar-refractivity contribution in [3.8, 4) is 5.75 Å². The van der Waals surface area contributed by atoms with E-state index in [1.807, 2.05) is 14.0 Å². The highest BCUT2D eigenvalue weighted by atomic mass is 16.5. The lowest BCUT2D eigenvalue weighted by Gasteiger charge is -2.33. The predicted octanol–water partition coefficient (Wildman–Crippen LogP) is 2.19. The van der Waals surface area contributed by atoms with Crippen molar-refractivity contribution in [2.24, 2.45) is 5.92 Å². The molecular weight excluding hydrogens is 280 g/mol. The monoisotopic (exact) mass is 306 g/mol. The summed E-state index contributed by atoms with van der Waals surface area (Å²) in [6.45, 7) is 4.84. The Morgan fingerprint density at radius 1 is 1.36 bits per heavy atom.